The fourth-order valence-corrected chi connectivity index (χ4v) is 3.43. The van der Waals surface area contributed by atoms with Crippen molar-refractivity contribution in [3.8, 4) is 5.75 Å². The summed E-state index contributed by atoms with van der Waals surface area (Å²) < 4.78 is 5.76. The summed E-state index contributed by atoms with van der Waals surface area (Å²) in [5.41, 5.74) is 5.97. The summed E-state index contributed by atoms with van der Waals surface area (Å²) in [5.74, 6) is -0.979. The molecule has 3 aromatic rings. The zero-order chi connectivity index (χ0) is 23.8. The lowest BCUT2D eigenvalue weighted by atomic mass is 10.1. The van der Waals surface area contributed by atoms with Crippen molar-refractivity contribution >= 4 is 46.4 Å². The van der Waals surface area contributed by atoms with Gasteiger partial charge in [0.2, 0.25) is 0 Å². The van der Waals surface area contributed by atoms with Crippen molar-refractivity contribution in [1.29, 1.82) is 0 Å². The lowest BCUT2D eigenvalue weighted by molar-refractivity contribution is -0.136. The number of carbonyl (C=O) groups excluding carboxylic acids is 2. The molecule has 170 valence electrons. The van der Waals surface area contributed by atoms with Gasteiger partial charge in [0.1, 0.15) is 12.4 Å². The van der Waals surface area contributed by atoms with Crippen LogP contribution in [-0.4, -0.2) is 17.5 Å². The maximum Gasteiger partial charge on any atom is 0.329 e. The van der Waals surface area contributed by atoms with Crippen LogP contribution in [0.2, 0.25) is 10.0 Å². The number of benzene rings is 3. The first-order valence-electron chi connectivity index (χ1n) is 10.3. The molecule has 0 saturated heterocycles. The zero-order valence-corrected chi connectivity index (χ0v) is 19.7. The van der Waals surface area contributed by atoms with Crippen LogP contribution in [0.4, 0.5) is 5.69 Å². The second-order valence-electron chi connectivity index (χ2n) is 7.15. The number of rotatable bonds is 7. The molecule has 0 atom stereocenters. The smallest absolute Gasteiger partial charge is 0.329 e. The highest BCUT2D eigenvalue weighted by Crippen LogP contribution is 2.23. The van der Waals surface area contributed by atoms with Crippen molar-refractivity contribution in [2.24, 2.45) is 5.10 Å². The molecule has 0 heterocycles. The number of hydrogen-bond donors (Lipinski definition) is 2. The maximum absolute atomic E-state index is 12.2. The topological polar surface area (TPSA) is 79.8 Å². The number of carbonyl (C=O) groups is 2. The minimum Gasteiger partial charge on any atom is -0.489 e. The van der Waals surface area contributed by atoms with Gasteiger partial charge in [0.25, 0.3) is 0 Å². The molecular weight excluding hydrogens is 461 g/mol. The zero-order valence-electron chi connectivity index (χ0n) is 18.2. The molecule has 0 aliphatic rings. The van der Waals surface area contributed by atoms with E-state index in [2.05, 4.69) is 15.8 Å². The van der Waals surface area contributed by atoms with E-state index in [0.717, 1.165) is 23.1 Å². The molecule has 0 unspecified atom stereocenters. The van der Waals surface area contributed by atoms with Gasteiger partial charge in [-0.25, -0.2) is 5.43 Å². The van der Waals surface area contributed by atoms with Crippen molar-refractivity contribution in [2.45, 2.75) is 26.9 Å². The van der Waals surface area contributed by atoms with E-state index in [1.165, 1.54) is 0 Å². The molecular formula is C25H23Cl2N3O3. The number of para-hydroxylation sites is 1. The summed E-state index contributed by atoms with van der Waals surface area (Å²) in [6.45, 7) is 4.00. The van der Waals surface area contributed by atoms with Gasteiger partial charge in [-0.05, 0) is 66.9 Å². The summed E-state index contributed by atoms with van der Waals surface area (Å²) in [6.07, 6.45) is 0.738. The Hall–Kier alpha value is -3.35. The second kappa shape index (κ2) is 11.5. The van der Waals surface area contributed by atoms with Crippen molar-refractivity contribution in [1.82, 2.24) is 5.43 Å². The van der Waals surface area contributed by atoms with Crippen LogP contribution < -0.4 is 15.5 Å². The van der Waals surface area contributed by atoms with E-state index >= 15 is 0 Å². The minimum absolute atomic E-state index is 0.300. The summed E-state index contributed by atoms with van der Waals surface area (Å²) in [5, 5.41) is 7.75. The molecule has 3 aromatic carbocycles. The Bertz CT molecular complexity index is 1180. The molecule has 0 radical (unpaired) electrons. The molecule has 6 nitrogen and oxygen atoms in total. The monoisotopic (exact) mass is 483 g/mol. The third-order valence-electron chi connectivity index (χ3n) is 4.86. The van der Waals surface area contributed by atoms with Crippen LogP contribution in [0.15, 0.2) is 71.8 Å². The van der Waals surface area contributed by atoms with Gasteiger partial charge in [0, 0.05) is 21.3 Å². The van der Waals surface area contributed by atoms with Gasteiger partial charge in [0.05, 0.1) is 5.71 Å². The largest absolute Gasteiger partial charge is 0.489 e. The number of ether oxygens (including phenoxy) is 1. The number of hydrogen-bond acceptors (Lipinski definition) is 4. The Morgan fingerprint density at radius 2 is 1.67 bits per heavy atom. The van der Waals surface area contributed by atoms with Crippen LogP contribution in [-0.2, 0) is 22.6 Å². The Morgan fingerprint density at radius 3 is 2.36 bits per heavy atom. The van der Waals surface area contributed by atoms with Crippen LogP contribution in [0, 0.1) is 0 Å². The molecule has 0 bridgehead atoms. The number of halogens is 2. The summed E-state index contributed by atoms with van der Waals surface area (Å²) >= 11 is 12.1. The molecule has 0 aliphatic carbocycles. The molecule has 0 saturated carbocycles. The first kappa shape index (κ1) is 24.3. The molecule has 0 aromatic heterocycles. The number of anilines is 1. The second-order valence-corrected chi connectivity index (χ2v) is 8.00. The van der Waals surface area contributed by atoms with Crippen molar-refractivity contribution in [2.75, 3.05) is 5.32 Å². The van der Waals surface area contributed by atoms with Gasteiger partial charge in [0.15, 0.2) is 0 Å². The van der Waals surface area contributed by atoms with Crippen molar-refractivity contribution in [3.05, 3.63) is 93.5 Å². The molecule has 0 spiro atoms. The molecule has 2 amide bonds. The number of nitrogens with one attached hydrogen (secondary N) is 2. The highest BCUT2D eigenvalue weighted by Gasteiger charge is 2.14. The van der Waals surface area contributed by atoms with Gasteiger partial charge in [-0.1, -0.05) is 54.4 Å². The van der Waals surface area contributed by atoms with E-state index in [1.807, 2.05) is 25.1 Å². The van der Waals surface area contributed by atoms with Crippen molar-refractivity contribution in [3.63, 3.8) is 0 Å². The number of amides is 2. The number of nitrogens with zero attached hydrogens (tertiary/aromatic N) is 1. The van der Waals surface area contributed by atoms with Gasteiger partial charge < -0.3 is 10.1 Å². The van der Waals surface area contributed by atoms with E-state index in [0.29, 0.717) is 33.8 Å². The quantitative estimate of drug-likeness (QED) is 0.260. The predicted octanol–water partition coefficient (Wildman–Crippen LogP) is 5.61. The van der Waals surface area contributed by atoms with Gasteiger partial charge in [-0.15, -0.1) is 0 Å². The van der Waals surface area contributed by atoms with E-state index in [1.54, 1.807) is 55.5 Å². The van der Waals surface area contributed by atoms with Crippen LogP contribution in [0.1, 0.15) is 30.5 Å². The minimum atomic E-state index is -0.847. The number of aryl methyl sites for hydroxylation is 1. The van der Waals surface area contributed by atoms with Crippen LogP contribution in [0.5, 0.6) is 5.75 Å². The Balaban J connectivity index is 1.55. The Labute approximate surface area is 202 Å². The maximum atomic E-state index is 12.2. The van der Waals surface area contributed by atoms with E-state index in [4.69, 9.17) is 27.9 Å². The highest BCUT2D eigenvalue weighted by atomic mass is 35.5. The SMILES string of the molecule is CCc1ccccc1NC(=O)C(=O)N/N=C(\C)c1ccc(OCc2ccc(Cl)cc2Cl)cc1. The standard InChI is InChI=1S/C25H23Cl2N3O3/c1-3-17-6-4-5-7-23(17)28-24(31)25(32)30-29-16(2)18-9-12-21(13-10-18)33-15-19-8-11-20(26)14-22(19)27/h4-14H,3,15H2,1-2H3,(H,28,31)(H,30,32)/b29-16+. The van der Waals surface area contributed by atoms with E-state index in [9.17, 15) is 9.59 Å². The van der Waals surface area contributed by atoms with Gasteiger partial charge in [-0.3, -0.25) is 9.59 Å². The fourth-order valence-electron chi connectivity index (χ4n) is 2.97. The van der Waals surface area contributed by atoms with Crippen LogP contribution in [0.3, 0.4) is 0 Å². The average molecular weight is 484 g/mol. The third-order valence-corrected chi connectivity index (χ3v) is 5.45. The van der Waals surface area contributed by atoms with E-state index in [-0.39, 0.29) is 0 Å². The van der Waals surface area contributed by atoms with E-state index < -0.39 is 11.8 Å². The Morgan fingerprint density at radius 1 is 0.939 bits per heavy atom. The molecule has 3 rings (SSSR count). The van der Waals surface area contributed by atoms with Gasteiger partial charge in [-0.2, -0.15) is 5.10 Å². The van der Waals surface area contributed by atoms with Crippen molar-refractivity contribution < 1.29 is 14.3 Å². The lowest BCUT2D eigenvalue weighted by Crippen LogP contribution is -2.33. The highest BCUT2D eigenvalue weighted by molar-refractivity contribution is 6.39. The lowest BCUT2D eigenvalue weighted by Gasteiger charge is -2.10. The first-order valence-corrected chi connectivity index (χ1v) is 11.0. The summed E-state index contributed by atoms with van der Waals surface area (Å²) in [4.78, 5) is 24.3. The normalized spacial score (nSPS) is 11.1. The van der Waals surface area contributed by atoms with Crippen LogP contribution >= 0.6 is 23.2 Å². The molecule has 8 heteroatoms. The van der Waals surface area contributed by atoms with Crippen LogP contribution in [0.25, 0.3) is 0 Å². The van der Waals surface area contributed by atoms with Gasteiger partial charge >= 0.3 is 11.8 Å². The fraction of sp³-hybridized carbons (Fsp3) is 0.160. The first-order chi connectivity index (χ1) is 15.9. The molecule has 33 heavy (non-hydrogen) atoms. The Kier molecular flexibility index (Phi) is 8.46. The summed E-state index contributed by atoms with van der Waals surface area (Å²) in [7, 11) is 0. The molecule has 0 aliphatic heterocycles. The predicted molar refractivity (Wildman–Crippen MR) is 132 cm³/mol. The average Bonchev–Trinajstić information content (AvgIpc) is 2.82. The third kappa shape index (κ3) is 6.81. The molecule has 0 fully saturated rings. The molecule has 2 N–H and O–H groups in total. The summed E-state index contributed by atoms with van der Waals surface area (Å²) in [6, 6.07) is 19.8. The number of hydrazone groups is 1.